The first-order chi connectivity index (χ1) is 12.2. The van der Waals surface area contributed by atoms with Gasteiger partial charge in [0, 0.05) is 31.1 Å². The van der Waals surface area contributed by atoms with Crippen molar-refractivity contribution in [3.05, 3.63) is 54.0 Å². The third-order valence-corrected chi connectivity index (χ3v) is 4.04. The molecule has 1 aliphatic heterocycles. The quantitative estimate of drug-likeness (QED) is 0.762. The lowest BCUT2D eigenvalue weighted by Gasteiger charge is -2.04. The van der Waals surface area contributed by atoms with Crippen molar-refractivity contribution in [1.82, 2.24) is 14.9 Å². The number of aliphatic imine (C=N–C) groups is 1. The Morgan fingerprint density at radius 2 is 2.20 bits per heavy atom. The summed E-state index contributed by atoms with van der Waals surface area (Å²) < 4.78 is 2.10. The highest BCUT2D eigenvalue weighted by Crippen LogP contribution is 2.22. The molecule has 6 heteroatoms. The summed E-state index contributed by atoms with van der Waals surface area (Å²) in [5.74, 6) is -0.140. The molecule has 0 unspecified atom stereocenters. The van der Waals surface area contributed by atoms with Crippen LogP contribution in [-0.4, -0.2) is 34.0 Å². The number of aromatic amines is 1. The molecule has 0 bridgehead atoms. The zero-order valence-electron chi connectivity index (χ0n) is 14.0. The Labute approximate surface area is 146 Å². The molecule has 3 rings (SSSR count). The number of allylic oxidation sites excluding steroid dienone is 2. The minimum Gasteiger partial charge on any atom is -0.360 e. The summed E-state index contributed by atoms with van der Waals surface area (Å²) in [7, 11) is 2.02. The number of nitrogens with one attached hydrogen (secondary N) is 2. The van der Waals surface area contributed by atoms with Gasteiger partial charge in [0.15, 0.2) is 0 Å². The van der Waals surface area contributed by atoms with Crippen LogP contribution in [0.25, 0.3) is 17.5 Å². The molecule has 0 atom stereocenters. The first-order valence-corrected chi connectivity index (χ1v) is 8.14. The molecule has 3 heterocycles. The molecule has 2 aromatic heterocycles. The molecule has 0 saturated carbocycles. The number of hydrogen-bond acceptors (Lipinski definition) is 3. The normalized spacial score (nSPS) is 14.8. The number of hydrogen-bond donors (Lipinski definition) is 2. The van der Waals surface area contributed by atoms with E-state index in [4.69, 9.17) is 0 Å². The Balaban J connectivity index is 1.65. The molecule has 0 saturated heterocycles. The van der Waals surface area contributed by atoms with Gasteiger partial charge in [0.05, 0.1) is 23.6 Å². The van der Waals surface area contributed by atoms with Gasteiger partial charge in [-0.2, -0.15) is 0 Å². The second kappa shape index (κ2) is 7.61. The van der Waals surface area contributed by atoms with Gasteiger partial charge < -0.3 is 19.7 Å². The van der Waals surface area contributed by atoms with Crippen LogP contribution in [-0.2, 0) is 16.6 Å². The Kier molecular flexibility index (Phi) is 5.09. The highest BCUT2D eigenvalue weighted by molar-refractivity contribution is 6.00. The average molecular weight is 336 g/mol. The summed E-state index contributed by atoms with van der Waals surface area (Å²) in [5, 5.41) is 2.52. The molecule has 0 radical (unpaired) electrons. The van der Waals surface area contributed by atoms with E-state index in [9.17, 15) is 9.59 Å². The topological polar surface area (TPSA) is 79.2 Å². The molecular formula is C19H20N4O2. The number of carbonyl (C=O) groups is 2. The van der Waals surface area contributed by atoms with E-state index in [-0.39, 0.29) is 12.5 Å². The van der Waals surface area contributed by atoms with Crippen molar-refractivity contribution >= 4 is 24.0 Å². The van der Waals surface area contributed by atoms with Crippen LogP contribution in [0.1, 0.15) is 18.5 Å². The van der Waals surface area contributed by atoms with Gasteiger partial charge in [0.25, 0.3) is 0 Å². The third-order valence-electron chi connectivity index (χ3n) is 4.04. The minimum atomic E-state index is -0.140. The molecule has 6 nitrogen and oxygen atoms in total. The summed E-state index contributed by atoms with van der Waals surface area (Å²) in [6, 6.07) is 8.13. The van der Waals surface area contributed by atoms with Crippen LogP contribution >= 0.6 is 0 Å². The van der Waals surface area contributed by atoms with Gasteiger partial charge in [-0.25, -0.2) is 0 Å². The lowest BCUT2D eigenvalue weighted by Crippen LogP contribution is -2.25. The summed E-state index contributed by atoms with van der Waals surface area (Å²) in [6.45, 7) is 0.0585. The number of aromatic nitrogens is 2. The van der Waals surface area contributed by atoms with Gasteiger partial charge in [0.2, 0.25) is 5.91 Å². The summed E-state index contributed by atoms with van der Waals surface area (Å²) >= 11 is 0. The monoisotopic (exact) mass is 336 g/mol. The summed E-state index contributed by atoms with van der Waals surface area (Å²) in [5.41, 5.74) is 4.96. The van der Waals surface area contributed by atoms with Crippen molar-refractivity contribution in [2.75, 3.05) is 6.54 Å². The van der Waals surface area contributed by atoms with Crippen LogP contribution in [0.15, 0.2) is 53.3 Å². The van der Waals surface area contributed by atoms with E-state index in [1.807, 2.05) is 43.6 Å². The van der Waals surface area contributed by atoms with E-state index >= 15 is 0 Å². The van der Waals surface area contributed by atoms with Crippen molar-refractivity contribution in [3.63, 3.8) is 0 Å². The first-order valence-electron chi connectivity index (χ1n) is 8.14. The van der Waals surface area contributed by atoms with E-state index < -0.39 is 0 Å². The molecule has 2 aromatic rings. The fourth-order valence-electron chi connectivity index (χ4n) is 2.71. The molecule has 0 aliphatic carbocycles. The van der Waals surface area contributed by atoms with E-state index in [2.05, 4.69) is 32.0 Å². The Morgan fingerprint density at radius 3 is 2.96 bits per heavy atom. The Bertz CT molecular complexity index is 854. The largest absolute Gasteiger partial charge is 0.360 e. The van der Waals surface area contributed by atoms with Crippen LogP contribution in [0.3, 0.4) is 0 Å². The second-order valence-electron chi connectivity index (χ2n) is 5.76. The van der Waals surface area contributed by atoms with E-state index in [1.165, 1.54) is 0 Å². The van der Waals surface area contributed by atoms with Crippen molar-refractivity contribution < 1.29 is 9.59 Å². The first kappa shape index (κ1) is 16.7. The number of rotatable bonds is 7. The zero-order chi connectivity index (χ0) is 17.6. The Morgan fingerprint density at radius 1 is 1.32 bits per heavy atom. The predicted molar refractivity (Wildman–Crippen MR) is 98.1 cm³/mol. The van der Waals surface area contributed by atoms with Gasteiger partial charge in [-0.05, 0) is 48.9 Å². The molecule has 25 heavy (non-hydrogen) atoms. The maximum absolute atomic E-state index is 11.5. The van der Waals surface area contributed by atoms with Crippen molar-refractivity contribution in [3.8, 4) is 11.4 Å². The van der Waals surface area contributed by atoms with E-state index in [0.717, 1.165) is 28.5 Å². The van der Waals surface area contributed by atoms with Gasteiger partial charge in [-0.15, -0.1) is 0 Å². The number of carbonyl (C=O) groups excluding carboxylic acids is 2. The molecule has 1 amide bonds. The number of nitrogens with zero attached hydrogens (tertiary/aromatic N) is 2. The smallest absolute Gasteiger partial charge is 0.220 e. The van der Waals surface area contributed by atoms with Crippen molar-refractivity contribution in [1.29, 1.82) is 0 Å². The summed E-state index contributed by atoms with van der Waals surface area (Å²) in [4.78, 5) is 29.5. The van der Waals surface area contributed by atoms with Crippen LogP contribution in [0, 0.1) is 0 Å². The fourth-order valence-corrected chi connectivity index (χ4v) is 2.71. The van der Waals surface area contributed by atoms with Crippen molar-refractivity contribution in [2.45, 2.75) is 12.8 Å². The third kappa shape index (κ3) is 4.03. The average Bonchev–Trinajstić information content (AvgIpc) is 3.34. The maximum Gasteiger partial charge on any atom is 0.220 e. The fraction of sp³-hybridized carbons (Fsp3) is 0.211. The van der Waals surface area contributed by atoms with E-state index in [0.29, 0.717) is 19.1 Å². The minimum absolute atomic E-state index is 0.0585. The second-order valence-corrected chi connectivity index (χ2v) is 5.76. The number of amides is 1. The molecule has 128 valence electrons. The Hall–Kier alpha value is -3.15. The van der Waals surface area contributed by atoms with Crippen LogP contribution < -0.4 is 5.32 Å². The molecule has 0 fully saturated rings. The van der Waals surface area contributed by atoms with Gasteiger partial charge in [0.1, 0.15) is 6.29 Å². The summed E-state index contributed by atoms with van der Waals surface area (Å²) in [6.07, 6.45) is 9.34. The van der Waals surface area contributed by atoms with Crippen LogP contribution in [0.2, 0.25) is 0 Å². The SMILES string of the molecule is Cn1c(/C=C2/C=CC(CCC(=O)NCC=O)=N2)ccc1-c1ccc[nH]1. The molecular weight excluding hydrogens is 316 g/mol. The van der Waals surface area contributed by atoms with Crippen molar-refractivity contribution in [2.24, 2.45) is 12.0 Å². The molecule has 0 spiro atoms. The molecule has 1 aliphatic rings. The highest BCUT2D eigenvalue weighted by Gasteiger charge is 2.10. The number of aldehydes is 1. The van der Waals surface area contributed by atoms with Crippen LogP contribution in [0.5, 0.6) is 0 Å². The maximum atomic E-state index is 11.5. The molecule has 2 N–H and O–H groups in total. The lowest BCUT2D eigenvalue weighted by molar-refractivity contribution is -0.122. The van der Waals surface area contributed by atoms with E-state index in [1.54, 1.807) is 0 Å². The van der Waals surface area contributed by atoms with Gasteiger partial charge in [-0.3, -0.25) is 9.79 Å². The lowest BCUT2D eigenvalue weighted by atomic mass is 10.2. The standard InChI is InChI=1S/C19H20N4O2/c1-23-16(7-8-18(23)17-3-2-10-20-17)13-15-5-4-14(22-15)6-9-19(25)21-11-12-24/h2-5,7-8,10,12-13,20H,6,9,11H2,1H3,(H,21,25)/b15-13-. The zero-order valence-corrected chi connectivity index (χ0v) is 14.0. The number of H-pyrrole nitrogens is 1. The van der Waals surface area contributed by atoms with Gasteiger partial charge in [-0.1, -0.05) is 0 Å². The van der Waals surface area contributed by atoms with Crippen LogP contribution in [0.4, 0.5) is 0 Å². The van der Waals surface area contributed by atoms with Gasteiger partial charge >= 0.3 is 0 Å². The molecule has 0 aromatic carbocycles. The predicted octanol–water partition coefficient (Wildman–Crippen LogP) is 2.47. The highest BCUT2D eigenvalue weighted by atomic mass is 16.2.